The molecule has 1 aromatic rings. The average molecular weight is 493 g/mol. The van der Waals surface area contributed by atoms with Gasteiger partial charge in [-0.3, -0.25) is 0 Å². The first kappa shape index (κ1) is 26.4. The largest absolute Gasteiger partial charge is 0.507 e. The van der Waals surface area contributed by atoms with Crippen LogP contribution < -0.4 is 9.61 Å². The summed E-state index contributed by atoms with van der Waals surface area (Å²) in [5.41, 5.74) is 4.40. The molecule has 0 spiro atoms. The molecule has 2 unspecified atom stereocenters. The van der Waals surface area contributed by atoms with Crippen LogP contribution in [0.1, 0.15) is 69.9 Å². The number of benzene rings is 1. The molecular weight excluding hydrogens is 451 g/mol. The monoisotopic (exact) mass is 492 g/mol. The molecule has 1 aromatic carbocycles. The number of rotatable bonds is 12. The van der Waals surface area contributed by atoms with Crippen molar-refractivity contribution in [1.82, 2.24) is 9.76 Å². The molecule has 0 radical (unpaired) electrons. The number of aryl methyl sites for hydroxylation is 1. The zero-order chi connectivity index (χ0) is 24.2. The van der Waals surface area contributed by atoms with E-state index in [2.05, 4.69) is 44.6 Å². The lowest BCUT2D eigenvalue weighted by atomic mass is 9.73. The van der Waals surface area contributed by atoms with Gasteiger partial charge in [0.15, 0.2) is 0 Å². The Morgan fingerprint density at radius 3 is 2.70 bits per heavy atom. The summed E-state index contributed by atoms with van der Waals surface area (Å²) >= 11 is 6.05. The van der Waals surface area contributed by atoms with Crippen molar-refractivity contribution in [2.75, 3.05) is 27.2 Å². The summed E-state index contributed by atoms with van der Waals surface area (Å²) in [7, 11) is 3.90. The second kappa shape index (κ2) is 11.5. The molecule has 184 valence electrons. The number of epoxide rings is 1. The summed E-state index contributed by atoms with van der Waals surface area (Å²) in [4.78, 5) is 0. The fourth-order valence-electron chi connectivity index (χ4n) is 4.50. The lowest BCUT2D eigenvalue weighted by Gasteiger charge is -2.35. The topological polar surface area (TPSA) is 57.3 Å². The number of hydrogen-bond donors (Lipinski definition) is 2. The molecule has 1 saturated heterocycles. The zero-order valence-corrected chi connectivity index (χ0v) is 22.6. The van der Waals surface area contributed by atoms with E-state index in [1.54, 1.807) is 0 Å². The summed E-state index contributed by atoms with van der Waals surface area (Å²) in [6.45, 7) is 9.60. The van der Waals surface area contributed by atoms with Gasteiger partial charge in [-0.15, -0.1) is 0 Å². The Kier molecular flexibility index (Phi) is 9.22. The molecule has 7 heteroatoms. The van der Waals surface area contributed by atoms with Crippen LogP contribution in [0.3, 0.4) is 0 Å². The Morgan fingerprint density at radius 1 is 1.36 bits per heavy atom. The van der Waals surface area contributed by atoms with Crippen molar-refractivity contribution in [2.24, 2.45) is 5.92 Å². The number of unbranched alkanes of at least 4 members (excludes halogenated alkanes) is 2. The molecular formula is C26H41N2O3PS. The molecule has 0 aromatic heterocycles. The highest BCUT2D eigenvalue weighted by atomic mass is 32.5. The van der Waals surface area contributed by atoms with E-state index in [-0.39, 0.29) is 17.9 Å². The maximum atomic E-state index is 11.3. The van der Waals surface area contributed by atoms with Gasteiger partial charge in [-0.1, -0.05) is 43.6 Å². The van der Waals surface area contributed by atoms with Gasteiger partial charge >= 0.3 is 0 Å². The Balaban J connectivity index is 2.04. The van der Waals surface area contributed by atoms with Crippen LogP contribution in [-0.2, 0) is 23.0 Å². The summed E-state index contributed by atoms with van der Waals surface area (Å²) in [6, 6.07) is 4.04. The van der Waals surface area contributed by atoms with Crippen molar-refractivity contribution in [3.05, 3.63) is 47.1 Å². The lowest BCUT2D eigenvalue weighted by molar-refractivity contribution is 0.400. The van der Waals surface area contributed by atoms with Gasteiger partial charge in [-0.2, -0.15) is 0 Å². The SMILES string of the molecule is C=C(C)[C@@H]1CCC(C)=C[C@H]1c1c(O)cc(CCCCC)cc1OP(=S)(NCC1CO1)N(C)C. The van der Waals surface area contributed by atoms with Crippen molar-refractivity contribution >= 4 is 18.4 Å². The Hall–Kier alpha value is -1.17. The first-order chi connectivity index (χ1) is 15.6. The minimum absolute atomic E-state index is 0.0216. The van der Waals surface area contributed by atoms with Crippen LogP contribution in [0.15, 0.2) is 35.9 Å². The predicted molar refractivity (Wildman–Crippen MR) is 142 cm³/mol. The number of phenolic OH excluding ortho intramolecular Hbond substituents is 1. The summed E-state index contributed by atoms with van der Waals surface area (Å²) in [5, 5.41) is 14.8. The minimum Gasteiger partial charge on any atom is -0.507 e. The third kappa shape index (κ3) is 6.93. The molecule has 0 saturated carbocycles. The standard InChI is InChI=1S/C26H41N2O3PS/c1-7-8-9-10-20-14-24(29)26(23-13-19(4)11-12-22(23)18(2)3)25(15-20)31-32(33,28(5)6)27-16-21-17-30-21/h13-15,21-23,29H,2,7-12,16-17H2,1,3-6H3,(H,27,33)/t21?,22-,23+,32?/m0/s1. The van der Waals surface area contributed by atoms with Crippen molar-refractivity contribution in [2.45, 2.75) is 71.3 Å². The second-order valence-corrected chi connectivity index (χ2v) is 13.6. The van der Waals surface area contributed by atoms with Gasteiger partial charge in [0.25, 0.3) is 0 Å². The first-order valence-corrected chi connectivity index (χ1v) is 14.8. The summed E-state index contributed by atoms with van der Waals surface area (Å²) in [6.07, 6.45) is 8.90. The van der Waals surface area contributed by atoms with Crippen LogP contribution in [0.25, 0.3) is 0 Å². The lowest BCUT2D eigenvalue weighted by Crippen LogP contribution is -2.28. The highest BCUT2D eigenvalue weighted by Gasteiger charge is 2.34. The number of aromatic hydroxyl groups is 1. The molecule has 2 N–H and O–H groups in total. The Bertz CT molecular complexity index is 926. The molecule has 0 amide bonds. The molecule has 2 aliphatic rings. The van der Waals surface area contributed by atoms with Crippen LogP contribution in [0, 0.1) is 5.92 Å². The third-order valence-electron chi connectivity index (χ3n) is 6.63. The maximum Gasteiger partial charge on any atom is 0.250 e. The first-order valence-electron chi connectivity index (χ1n) is 12.2. The average Bonchev–Trinajstić information content (AvgIpc) is 3.56. The number of phenols is 1. The van der Waals surface area contributed by atoms with E-state index < -0.39 is 6.57 Å². The van der Waals surface area contributed by atoms with Gasteiger partial charge < -0.3 is 14.4 Å². The molecule has 1 heterocycles. The van der Waals surface area contributed by atoms with Crippen molar-refractivity contribution in [3.63, 3.8) is 0 Å². The number of nitrogens with one attached hydrogen (secondary N) is 1. The quantitative estimate of drug-likeness (QED) is 0.155. The van der Waals surface area contributed by atoms with E-state index in [1.165, 1.54) is 12.0 Å². The zero-order valence-electron chi connectivity index (χ0n) is 20.9. The highest BCUT2D eigenvalue weighted by molar-refractivity contribution is 8.10. The van der Waals surface area contributed by atoms with Crippen molar-refractivity contribution in [1.29, 1.82) is 0 Å². The van der Waals surface area contributed by atoms with E-state index in [0.29, 0.717) is 18.0 Å². The fourth-order valence-corrected chi connectivity index (χ4v) is 6.33. The van der Waals surface area contributed by atoms with Gasteiger partial charge in [0, 0.05) is 18.0 Å². The normalized spacial score (nSPS) is 24.3. The maximum absolute atomic E-state index is 11.3. The molecule has 5 nitrogen and oxygen atoms in total. The third-order valence-corrected chi connectivity index (χ3v) is 10.3. The van der Waals surface area contributed by atoms with Gasteiger partial charge in [-0.05, 0) is 89.0 Å². The molecule has 3 rings (SSSR count). The van der Waals surface area contributed by atoms with Gasteiger partial charge in [0.05, 0.1) is 12.7 Å². The minimum atomic E-state index is -2.55. The summed E-state index contributed by atoms with van der Waals surface area (Å²) < 4.78 is 14.0. The van der Waals surface area contributed by atoms with Gasteiger partial charge in [0.1, 0.15) is 11.5 Å². The molecule has 0 bridgehead atoms. The van der Waals surface area contributed by atoms with E-state index in [0.717, 1.165) is 55.4 Å². The fraction of sp³-hybridized carbons (Fsp3) is 0.615. The smallest absolute Gasteiger partial charge is 0.250 e. The van der Waals surface area contributed by atoms with E-state index >= 15 is 0 Å². The van der Waals surface area contributed by atoms with Gasteiger partial charge in [-0.25, -0.2) is 9.76 Å². The Morgan fingerprint density at radius 2 is 2.09 bits per heavy atom. The predicted octanol–water partition coefficient (Wildman–Crippen LogP) is 6.29. The van der Waals surface area contributed by atoms with Crippen LogP contribution in [0.4, 0.5) is 0 Å². The van der Waals surface area contributed by atoms with Crippen molar-refractivity contribution in [3.8, 4) is 11.5 Å². The highest BCUT2D eigenvalue weighted by Crippen LogP contribution is 2.52. The van der Waals surface area contributed by atoms with Gasteiger partial charge in [0.2, 0.25) is 6.57 Å². The van der Waals surface area contributed by atoms with Crippen LogP contribution >= 0.6 is 6.57 Å². The van der Waals surface area contributed by atoms with E-state index in [4.69, 9.17) is 21.1 Å². The Labute approximate surface area is 205 Å². The molecule has 33 heavy (non-hydrogen) atoms. The van der Waals surface area contributed by atoms with Crippen molar-refractivity contribution < 1.29 is 14.4 Å². The van der Waals surface area contributed by atoms with Crippen LogP contribution in [-0.4, -0.2) is 43.1 Å². The molecule has 1 fully saturated rings. The van der Waals surface area contributed by atoms with Crippen LogP contribution in [0.5, 0.6) is 11.5 Å². The van der Waals surface area contributed by atoms with E-state index in [9.17, 15) is 5.11 Å². The van der Waals surface area contributed by atoms with Crippen LogP contribution in [0.2, 0.25) is 0 Å². The van der Waals surface area contributed by atoms with E-state index in [1.807, 2.05) is 24.8 Å². The molecule has 1 aliphatic heterocycles. The second-order valence-electron chi connectivity index (χ2n) is 9.79. The number of hydrogen-bond acceptors (Lipinski definition) is 4. The number of ether oxygens (including phenoxy) is 1. The number of nitrogens with zero attached hydrogens (tertiary/aromatic N) is 1. The molecule has 4 atom stereocenters. The molecule has 1 aliphatic carbocycles. The summed E-state index contributed by atoms with van der Waals surface area (Å²) in [5.74, 6) is 1.28. The number of allylic oxidation sites excluding steroid dienone is 3.